The number of hydrogen-bond donors (Lipinski definition) is 1. The van der Waals surface area contributed by atoms with Gasteiger partial charge in [0.05, 0.1) is 0 Å². The van der Waals surface area contributed by atoms with E-state index < -0.39 is 11.9 Å². The van der Waals surface area contributed by atoms with Gasteiger partial charge in [-0.15, -0.1) is 0 Å². The topological polar surface area (TPSA) is 63.6 Å². The Hall–Kier alpha value is -1.16. The zero-order valence-electron chi connectivity index (χ0n) is 8.91. The van der Waals surface area contributed by atoms with E-state index >= 15 is 0 Å². The van der Waals surface area contributed by atoms with E-state index in [1.807, 2.05) is 0 Å². The van der Waals surface area contributed by atoms with Gasteiger partial charge in [0, 0.05) is 17.8 Å². The predicted octanol–water partition coefficient (Wildman–Crippen LogP) is 1.33. The second kappa shape index (κ2) is 5.66. The van der Waals surface area contributed by atoms with E-state index in [1.165, 1.54) is 0 Å². The first-order valence-electron chi connectivity index (χ1n) is 5.24. The molecule has 0 unspecified atom stereocenters. The molecule has 0 aromatic carbocycles. The fraction of sp³-hybridized carbons (Fsp3) is 0.636. The van der Waals surface area contributed by atoms with Crippen LogP contribution in [0.4, 0.5) is 0 Å². The Labute approximate surface area is 88.9 Å². The zero-order chi connectivity index (χ0) is 11.3. The van der Waals surface area contributed by atoms with E-state index in [1.54, 1.807) is 6.92 Å². The van der Waals surface area contributed by atoms with E-state index in [9.17, 15) is 9.59 Å². The van der Waals surface area contributed by atoms with Gasteiger partial charge in [-0.25, -0.2) is 9.59 Å². The maximum atomic E-state index is 11.2. The summed E-state index contributed by atoms with van der Waals surface area (Å²) in [5.74, 6) is -0.995. The molecule has 15 heavy (non-hydrogen) atoms. The van der Waals surface area contributed by atoms with Crippen molar-refractivity contribution in [3.05, 3.63) is 11.1 Å². The second-order valence-electron chi connectivity index (χ2n) is 3.67. The van der Waals surface area contributed by atoms with Gasteiger partial charge in [0.25, 0.3) is 0 Å². The lowest BCUT2D eigenvalue weighted by atomic mass is 10.0. The van der Waals surface area contributed by atoms with E-state index in [4.69, 9.17) is 5.11 Å². The van der Waals surface area contributed by atoms with Crippen LogP contribution in [0.2, 0.25) is 0 Å². The number of carbonyl (C=O) groups excluding carboxylic acids is 2. The van der Waals surface area contributed by atoms with Crippen LogP contribution in [-0.2, 0) is 14.3 Å². The maximum Gasteiger partial charge on any atom is 0.342 e. The molecule has 4 nitrogen and oxygen atoms in total. The Morgan fingerprint density at radius 2 is 1.73 bits per heavy atom. The second-order valence-corrected chi connectivity index (χ2v) is 3.67. The van der Waals surface area contributed by atoms with Crippen molar-refractivity contribution in [3.63, 3.8) is 0 Å². The minimum absolute atomic E-state index is 0.211. The fourth-order valence-corrected chi connectivity index (χ4v) is 1.56. The Morgan fingerprint density at radius 1 is 1.07 bits per heavy atom. The highest BCUT2D eigenvalue weighted by atomic mass is 16.6. The van der Waals surface area contributed by atoms with Crippen LogP contribution in [-0.4, -0.2) is 23.7 Å². The van der Waals surface area contributed by atoms with Gasteiger partial charge >= 0.3 is 11.9 Å². The lowest BCUT2D eigenvalue weighted by molar-refractivity contribution is -0.151. The lowest BCUT2D eigenvalue weighted by Gasteiger charge is -1.99. The van der Waals surface area contributed by atoms with Crippen LogP contribution >= 0.6 is 0 Å². The molecule has 1 aliphatic rings. The van der Waals surface area contributed by atoms with E-state index in [2.05, 4.69) is 4.74 Å². The molecule has 0 aromatic heterocycles. The number of aliphatic hydroxyl groups is 1. The molecule has 0 aliphatic carbocycles. The van der Waals surface area contributed by atoms with Crippen LogP contribution in [0.1, 0.15) is 39.0 Å². The molecule has 1 N–H and O–H groups in total. The SMILES string of the molecule is CC1=C(CCCCCCO)C(=O)OC1=O. The van der Waals surface area contributed by atoms with Gasteiger partial charge < -0.3 is 9.84 Å². The molecule has 84 valence electrons. The van der Waals surface area contributed by atoms with E-state index in [0.717, 1.165) is 25.7 Å². The van der Waals surface area contributed by atoms with Gasteiger partial charge in [0.15, 0.2) is 0 Å². The average molecular weight is 212 g/mol. The number of carbonyl (C=O) groups is 2. The molecule has 0 spiro atoms. The van der Waals surface area contributed by atoms with Crippen molar-refractivity contribution < 1.29 is 19.4 Å². The van der Waals surface area contributed by atoms with Gasteiger partial charge in [-0.3, -0.25) is 0 Å². The first-order chi connectivity index (χ1) is 7.16. The number of hydrogen-bond acceptors (Lipinski definition) is 4. The minimum atomic E-state index is -0.509. The highest BCUT2D eigenvalue weighted by Gasteiger charge is 2.28. The predicted molar refractivity (Wildman–Crippen MR) is 54.0 cm³/mol. The molecule has 1 heterocycles. The molecule has 0 amide bonds. The molecule has 0 bridgehead atoms. The summed E-state index contributed by atoms with van der Waals surface area (Å²) in [5.41, 5.74) is 0.964. The number of unbranched alkanes of at least 4 members (excludes halogenated alkanes) is 3. The minimum Gasteiger partial charge on any atom is -0.396 e. The maximum absolute atomic E-state index is 11.2. The zero-order valence-corrected chi connectivity index (χ0v) is 8.91. The summed E-state index contributed by atoms with van der Waals surface area (Å²) in [6, 6.07) is 0. The van der Waals surface area contributed by atoms with Crippen LogP contribution < -0.4 is 0 Å². The Kier molecular flexibility index (Phi) is 4.49. The smallest absolute Gasteiger partial charge is 0.342 e. The van der Waals surface area contributed by atoms with Gasteiger partial charge in [-0.05, 0) is 26.2 Å². The van der Waals surface area contributed by atoms with Crippen LogP contribution in [0, 0.1) is 0 Å². The van der Waals surface area contributed by atoms with Gasteiger partial charge in [0.1, 0.15) is 0 Å². The summed E-state index contributed by atoms with van der Waals surface area (Å²) in [7, 11) is 0. The summed E-state index contributed by atoms with van der Waals surface area (Å²) in [5, 5.41) is 8.57. The van der Waals surface area contributed by atoms with E-state index in [0.29, 0.717) is 17.6 Å². The summed E-state index contributed by atoms with van der Waals surface area (Å²) in [6.45, 7) is 1.83. The molecule has 0 saturated heterocycles. The Morgan fingerprint density at radius 3 is 2.27 bits per heavy atom. The van der Waals surface area contributed by atoms with Crippen molar-refractivity contribution in [1.82, 2.24) is 0 Å². The Bertz CT molecular complexity index is 291. The Balaban J connectivity index is 2.32. The third-order valence-corrected chi connectivity index (χ3v) is 2.53. The molecule has 0 atom stereocenters. The molecule has 0 saturated carbocycles. The molecule has 0 radical (unpaired) electrons. The van der Waals surface area contributed by atoms with Gasteiger partial charge in [-0.1, -0.05) is 12.8 Å². The fourth-order valence-electron chi connectivity index (χ4n) is 1.56. The van der Waals surface area contributed by atoms with Crippen molar-refractivity contribution in [1.29, 1.82) is 0 Å². The first-order valence-corrected chi connectivity index (χ1v) is 5.24. The first kappa shape index (κ1) is 11.9. The molecule has 0 fully saturated rings. The highest BCUT2D eigenvalue weighted by Crippen LogP contribution is 2.22. The van der Waals surface area contributed by atoms with Gasteiger partial charge in [-0.2, -0.15) is 0 Å². The van der Waals surface area contributed by atoms with Crippen molar-refractivity contribution in [2.24, 2.45) is 0 Å². The summed E-state index contributed by atoms with van der Waals surface area (Å²) >= 11 is 0. The summed E-state index contributed by atoms with van der Waals surface area (Å²) in [6.07, 6.45) is 4.16. The quantitative estimate of drug-likeness (QED) is 0.410. The van der Waals surface area contributed by atoms with Crippen molar-refractivity contribution in [2.75, 3.05) is 6.61 Å². The molecule has 1 rings (SSSR count). The van der Waals surface area contributed by atoms with Crippen molar-refractivity contribution in [2.45, 2.75) is 39.0 Å². The number of cyclic esters (lactones) is 2. The normalized spacial score (nSPS) is 16.1. The van der Waals surface area contributed by atoms with Crippen LogP contribution in [0.5, 0.6) is 0 Å². The van der Waals surface area contributed by atoms with Crippen LogP contribution in [0.3, 0.4) is 0 Å². The number of ether oxygens (including phenoxy) is 1. The highest BCUT2D eigenvalue weighted by molar-refractivity contribution is 6.11. The monoisotopic (exact) mass is 212 g/mol. The van der Waals surface area contributed by atoms with Crippen LogP contribution in [0.15, 0.2) is 11.1 Å². The van der Waals surface area contributed by atoms with E-state index in [-0.39, 0.29) is 6.61 Å². The average Bonchev–Trinajstić information content (AvgIpc) is 2.44. The summed E-state index contributed by atoms with van der Waals surface area (Å²) < 4.78 is 4.47. The third-order valence-electron chi connectivity index (χ3n) is 2.53. The lowest BCUT2D eigenvalue weighted by Crippen LogP contribution is -2.02. The van der Waals surface area contributed by atoms with Crippen LogP contribution in [0.25, 0.3) is 0 Å². The molecule has 1 aliphatic heterocycles. The summed E-state index contributed by atoms with van der Waals surface area (Å²) in [4.78, 5) is 22.2. The third kappa shape index (κ3) is 3.16. The molecule has 4 heteroatoms. The van der Waals surface area contributed by atoms with Gasteiger partial charge in [0.2, 0.25) is 0 Å². The van der Waals surface area contributed by atoms with Crippen molar-refractivity contribution in [3.8, 4) is 0 Å². The molecule has 0 aromatic rings. The number of aliphatic hydroxyl groups excluding tert-OH is 1. The molecular weight excluding hydrogens is 196 g/mol. The standard InChI is InChI=1S/C11H16O4/c1-8-9(11(14)15-10(8)13)6-4-2-3-5-7-12/h12H,2-7H2,1H3. The van der Waals surface area contributed by atoms with Crippen molar-refractivity contribution >= 4 is 11.9 Å². The number of esters is 2. The molecular formula is C11H16O4. The largest absolute Gasteiger partial charge is 0.396 e. The number of rotatable bonds is 6.